The lowest BCUT2D eigenvalue weighted by atomic mass is 10.2. The Hall–Kier alpha value is -2.29. The quantitative estimate of drug-likeness (QED) is 0.754. The van der Waals surface area contributed by atoms with Crippen molar-refractivity contribution in [1.29, 1.82) is 0 Å². The second-order valence-electron chi connectivity index (χ2n) is 3.96. The lowest BCUT2D eigenvalue weighted by Crippen LogP contribution is -2.28. The van der Waals surface area contributed by atoms with Crippen molar-refractivity contribution in [2.75, 3.05) is 0 Å². The van der Waals surface area contributed by atoms with Gasteiger partial charge in [-0.05, 0) is 23.8 Å². The maximum atomic E-state index is 11.8. The number of carbonyl (C=O) groups is 1. The Kier molecular flexibility index (Phi) is 3.97. The van der Waals surface area contributed by atoms with Crippen molar-refractivity contribution in [3.8, 4) is 0 Å². The summed E-state index contributed by atoms with van der Waals surface area (Å²) in [5, 5.41) is 0. The van der Waals surface area contributed by atoms with Crippen LogP contribution in [0.1, 0.15) is 11.3 Å². The summed E-state index contributed by atoms with van der Waals surface area (Å²) in [5.41, 5.74) is 1.08. The second kappa shape index (κ2) is 5.87. The van der Waals surface area contributed by atoms with Crippen LogP contribution >= 0.6 is 0 Å². The maximum Gasteiger partial charge on any atom is 0.246 e. The molecule has 0 saturated heterocycles. The maximum absolute atomic E-state index is 11.8. The minimum Gasteiger partial charge on any atom is -0.467 e. The van der Waals surface area contributed by atoms with Crippen LogP contribution in [0.25, 0.3) is 0 Å². The smallest absolute Gasteiger partial charge is 0.246 e. The normalized spacial score (nSPS) is 10.0. The van der Waals surface area contributed by atoms with E-state index in [-0.39, 0.29) is 5.91 Å². The summed E-state index contributed by atoms with van der Waals surface area (Å²) in [6, 6.07) is 13.5. The first-order valence-electron chi connectivity index (χ1n) is 5.77. The molecule has 1 aromatic heterocycles. The van der Waals surface area contributed by atoms with Gasteiger partial charge in [-0.25, -0.2) is 0 Å². The molecule has 3 heteroatoms. The highest BCUT2D eigenvalue weighted by atomic mass is 16.3. The van der Waals surface area contributed by atoms with E-state index >= 15 is 0 Å². The van der Waals surface area contributed by atoms with Crippen LogP contribution in [0.2, 0.25) is 0 Å². The molecule has 1 amide bonds. The second-order valence-corrected chi connectivity index (χ2v) is 3.96. The Morgan fingerprint density at radius 1 is 1.17 bits per heavy atom. The van der Waals surface area contributed by atoms with Crippen LogP contribution in [-0.2, 0) is 17.9 Å². The number of hydrogen-bond donors (Lipinski definition) is 0. The van der Waals surface area contributed by atoms with E-state index < -0.39 is 0 Å². The molecule has 0 aliphatic carbocycles. The van der Waals surface area contributed by atoms with Crippen molar-refractivity contribution in [3.05, 3.63) is 72.7 Å². The van der Waals surface area contributed by atoms with Gasteiger partial charge in [-0.2, -0.15) is 0 Å². The third-order valence-corrected chi connectivity index (χ3v) is 2.63. The van der Waals surface area contributed by atoms with Crippen LogP contribution in [0.4, 0.5) is 0 Å². The van der Waals surface area contributed by atoms with Crippen molar-refractivity contribution in [2.24, 2.45) is 0 Å². The summed E-state index contributed by atoms with van der Waals surface area (Å²) in [7, 11) is 0. The fourth-order valence-corrected chi connectivity index (χ4v) is 1.74. The third kappa shape index (κ3) is 3.10. The lowest BCUT2D eigenvalue weighted by Gasteiger charge is -2.20. The van der Waals surface area contributed by atoms with E-state index in [1.165, 1.54) is 6.08 Å². The van der Waals surface area contributed by atoms with Gasteiger partial charge in [0.2, 0.25) is 5.91 Å². The third-order valence-electron chi connectivity index (χ3n) is 2.63. The molecular weight excluding hydrogens is 226 g/mol. The minimum absolute atomic E-state index is 0.102. The molecule has 0 spiro atoms. The molecule has 0 saturated carbocycles. The van der Waals surface area contributed by atoms with E-state index in [1.807, 2.05) is 42.5 Å². The van der Waals surface area contributed by atoms with Gasteiger partial charge in [0.25, 0.3) is 0 Å². The van der Waals surface area contributed by atoms with Crippen molar-refractivity contribution in [2.45, 2.75) is 13.1 Å². The molecule has 0 fully saturated rings. The Labute approximate surface area is 106 Å². The molecule has 0 radical (unpaired) electrons. The van der Waals surface area contributed by atoms with Gasteiger partial charge < -0.3 is 9.32 Å². The van der Waals surface area contributed by atoms with E-state index in [1.54, 1.807) is 11.2 Å². The molecule has 1 heterocycles. The summed E-state index contributed by atoms with van der Waals surface area (Å²) >= 11 is 0. The molecule has 0 aliphatic heterocycles. The summed E-state index contributed by atoms with van der Waals surface area (Å²) in [6.45, 7) is 4.53. The predicted octanol–water partition coefficient (Wildman–Crippen LogP) is 2.99. The average molecular weight is 241 g/mol. The SMILES string of the molecule is C=CC(=O)N(Cc1ccccc1)Cc1ccco1. The van der Waals surface area contributed by atoms with Crippen LogP contribution in [0, 0.1) is 0 Å². The molecule has 2 rings (SSSR count). The van der Waals surface area contributed by atoms with E-state index in [0.29, 0.717) is 13.1 Å². The van der Waals surface area contributed by atoms with Gasteiger partial charge >= 0.3 is 0 Å². The fourth-order valence-electron chi connectivity index (χ4n) is 1.74. The summed E-state index contributed by atoms with van der Waals surface area (Å²) in [4.78, 5) is 13.5. The largest absolute Gasteiger partial charge is 0.467 e. The van der Waals surface area contributed by atoms with Crippen LogP contribution in [0.3, 0.4) is 0 Å². The number of amides is 1. The van der Waals surface area contributed by atoms with E-state index in [0.717, 1.165) is 11.3 Å². The van der Waals surface area contributed by atoms with Gasteiger partial charge in [-0.3, -0.25) is 4.79 Å². The predicted molar refractivity (Wildman–Crippen MR) is 69.6 cm³/mol. The monoisotopic (exact) mass is 241 g/mol. The Morgan fingerprint density at radius 2 is 1.94 bits per heavy atom. The number of furan rings is 1. The lowest BCUT2D eigenvalue weighted by molar-refractivity contribution is -0.127. The minimum atomic E-state index is -0.102. The van der Waals surface area contributed by atoms with Crippen LogP contribution in [-0.4, -0.2) is 10.8 Å². The summed E-state index contributed by atoms with van der Waals surface area (Å²) < 4.78 is 5.27. The van der Waals surface area contributed by atoms with Crippen molar-refractivity contribution in [3.63, 3.8) is 0 Å². The number of hydrogen-bond acceptors (Lipinski definition) is 2. The summed E-state index contributed by atoms with van der Waals surface area (Å²) in [6.07, 6.45) is 2.93. The van der Waals surface area contributed by atoms with Crippen LogP contribution < -0.4 is 0 Å². The van der Waals surface area contributed by atoms with Gasteiger partial charge in [-0.15, -0.1) is 0 Å². The Bertz CT molecular complexity index is 503. The molecular formula is C15H15NO2. The zero-order chi connectivity index (χ0) is 12.8. The van der Waals surface area contributed by atoms with Gasteiger partial charge in [-0.1, -0.05) is 36.9 Å². The highest BCUT2D eigenvalue weighted by Gasteiger charge is 2.12. The molecule has 0 atom stereocenters. The molecule has 1 aromatic carbocycles. The number of rotatable bonds is 5. The summed E-state index contributed by atoms with van der Waals surface area (Å²) in [5.74, 6) is 0.663. The van der Waals surface area contributed by atoms with Gasteiger partial charge in [0.05, 0.1) is 12.8 Å². The molecule has 0 N–H and O–H groups in total. The first-order chi connectivity index (χ1) is 8.79. The molecule has 0 bridgehead atoms. The van der Waals surface area contributed by atoms with Crippen LogP contribution in [0.5, 0.6) is 0 Å². The molecule has 0 unspecified atom stereocenters. The average Bonchev–Trinajstić information content (AvgIpc) is 2.91. The molecule has 0 aliphatic rings. The van der Waals surface area contributed by atoms with Crippen molar-refractivity contribution in [1.82, 2.24) is 4.90 Å². The van der Waals surface area contributed by atoms with Gasteiger partial charge in [0, 0.05) is 6.54 Å². The molecule has 18 heavy (non-hydrogen) atoms. The van der Waals surface area contributed by atoms with E-state index in [9.17, 15) is 4.79 Å². The standard InChI is InChI=1S/C15H15NO2/c1-2-15(17)16(12-14-9-6-10-18-14)11-13-7-4-3-5-8-13/h2-10H,1,11-12H2. The fraction of sp³-hybridized carbons (Fsp3) is 0.133. The van der Waals surface area contributed by atoms with Gasteiger partial charge in [0.15, 0.2) is 0 Å². The molecule has 92 valence electrons. The van der Waals surface area contributed by atoms with E-state index in [2.05, 4.69) is 6.58 Å². The Balaban J connectivity index is 2.10. The Morgan fingerprint density at radius 3 is 2.56 bits per heavy atom. The first-order valence-corrected chi connectivity index (χ1v) is 5.77. The van der Waals surface area contributed by atoms with Crippen molar-refractivity contribution < 1.29 is 9.21 Å². The zero-order valence-corrected chi connectivity index (χ0v) is 10.1. The highest BCUT2D eigenvalue weighted by molar-refractivity contribution is 5.86. The topological polar surface area (TPSA) is 33.5 Å². The van der Waals surface area contributed by atoms with Gasteiger partial charge in [0.1, 0.15) is 5.76 Å². The highest BCUT2D eigenvalue weighted by Crippen LogP contribution is 2.11. The number of nitrogens with zero attached hydrogens (tertiary/aromatic N) is 1. The van der Waals surface area contributed by atoms with Crippen LogP contribution in [0.15, 0.2) is 65.8 Å². The number of benzene rings is 1. The zero-order valence-electron chi connectivity index (χ0n) is 10.1. The molecule has 3 nitrogen and oxygen atoms in total. The number of carbonyl (C=O) groups excluding carboxylic acids is 1. The first kappa shape index (κ1) is 12.2. The van der Waals surface area contributed by atoms with Crippen molar-refractivity contribution >= 4 is 5.91 Å². The molecule has 2 aromatic rings. The van der Waals surface area contributed by atoms with E-state index in [4.69, 9.17) is 4.42 Å².